The van der Waals surface area contributed by atoms with Crippen LogP contribution in [0.2, 0.25) is 0 Å². The van der Waals surface area contributed by atoms with Gasteiger partial charge in [0.2, 0.25) is 11.5 Å². The molecule has 1 aromatic heterocycles. The van der Waals surface area contributed by atoms with Gasteiger partial charge in [0.15, 0.2) is 0 Å². The van der Waals surface area contributed by atoms with Gasteiger partial charge in [0, 0.05) is 37.0 Å². The molecule has 0 aliphatic rings. The Morgan fingerprint density at radius 2 is 1.80 bits per heavy atom. The van der Waals surface area contributed by atoms with Crippen molar-refractivity contribution in [2.75, 3.05) is 7.05 Å². The zero-order valence-electron chi connectivity index (χ0n) is 14.6. The van der Waals surface area contributed by atoms with Crippen LogP contribution in [0.25, 0.3) is 10.9 Å². The van der Waals surface area contributed by atoms with Gasteiger partial charge in [0.05, 0.1) is 0 Å². The second-order valence-electron chi connectivity index (χ2n) is 6.44. The van der Waals surface area contributed by atoms with Gasteiger partial charge >= 0.3 is 0 Å². The van der Waals surface area contributed by atoms with Gasteiger partial charge in [-0.2, -0.15) is 0 Å². The number of aromatic amines is 1. The van der Waals surface area contributed by atoms with E-state index in [0.29, 0.717) is 13.0 Å². The SMILES string of the molecule is Cc1ccc(CCC(=O)N(C)Cc2cc(=O)[nH]c3ccccc23)cc1. The Kier molecular flexibility index (Phi) is 4.98. The van der Waals surface area contributed by atoms with E-state index in [1.165, 1.54) is 5.56 Å². The monoisotopic (exact) mass is 334 g/mol. The average Bonchev–Trinajstić information content (AvgIpc) is 2.60. The molecule has 3 aromatic rings. The standard InChI is InChI=1S/C21H22N2O2/c1-15-7-9-16(10-8-15)11-12-21(25)23(2)14-17-13-20(24)22-19-6-4-3-5-18(17)19/h3-10,13H,11-12,14H2,1-2H3,(H,22,24). The van der Waals surface area contributed by atoms with E-state index in [-0.39, 0.29) is 11.5 Å². The first-order chi connectivity index (χ1) is 12.0. The Hall–Kier alpha value is -2.88. The molecule has 0 saturated heterocycles. The maximum Gasteiger partial charge on any atom is 0.248 e. The Morgan fingerprint density at radius 1 is 1.08 bits per heavy atom. The van der Waals surface area contributed by atoms with Crippen LogP contribution >= 0.6 is 0 Å². The minimum Gasteiger partial charge on any atom is -0.341 e. The number of hydrogen-bond donors (Lipinski definition) is 1. The van der Waals surface area contributed by atoms with Gasteiger partial charge in [0.25, 0.3) is 0 Å². The predicted octanol–water partition coefficient (Wildman–Crippen LogP) is 3.43. The third-order valence-corrected chi connectivity index (χ3v) is 4.42. The first-order valence-corrected chi connectivity index (χ1v) is 8.43. The minimum atomic E-state index is -0.144. The molecule has 3 rings (SSSR count). The zero-order chi connectivity index (χ0) is 17.8. The highest BCUT2D eigenvalue weighted by molar-refractivity contribution is 5.82. The largest absolute Gasteiger partial charge is 0.341 e. The first-order valence-electron chi connectivity index (χ1n) is 8.43. The summed E-state index contributed by atoms with van der Waals surface area (Å²) in [5, 5.41) is 0.972. The van der Waals surface area contributed by atoms with E-state index in [4.69, 9.17) is 0 Å². The van der Waals surface area contributed by atoms with Crippen LogP contribution in [0.1, 0.15) is 23.1 Å². The fourth-order valence-electron chi connectivity index (χ4n) is 2.95. The van der Waals surface area contributed by atoms with Crippen molar-refractivity contribution in [2.45, 2.75) is 26.3 Å². The summed E-state index contributed by atoms with van der Waals surface area (Å²) in [5.41, 5.74) is 3.90. The number of nitrogens with one attached hydrogen (secondary N) is 1. The van der Waals surface area contributed by atoms with Crippen LogP contribution in [0.3, 0.4) is 0 Å². The Labute approximate surface area is 147 Å². The maximum absolute atomic E-state index is 12.4. The van der Waals surface area contributed by atoms with Gasteiger partial charge in [-0.15, -0.1) is 0 Å². The molecule has 1 amide bonds. The van der Waals surface area contributed by atoms with Crippen LogP contribution in [0, 0.1) is 6.92 Å². The van der Waals surface area contributed by atoms with Gasteiger partial charge in [0.1, 0.15) is 0 Å². The first kappa shape index (κ1) is 17.0. The van der Waals surface area contributed by atoms with E-state index in [1.807, 2.05) is 24.3 Å². The van der Waals surface area contributed by atoms with Crippen molar-refractivity contribution >= 4 is 16.8 Å². The number of pyridine rings is 1. The molecule has 1 N–H and O–H groups in total. The molecule has 0 spiro atoms. The minimum absolute atomic E-state index is 0.0740. The van der Waals surface area contributed by atoms with Crippen LogP contribution < -0.4 is 5.56 Å². The van der Waals surface area contributed by atoms with E-state index in [2.05, 4.69) is 36.2 Å². The number of fused-ring (bicyclic) bond motifs is 1. The Morgan fingerprint density at radius 3 is 2.56 bits per heavy atom. The summed E-state index contributed by atoms with van der Waals surface area (Å²) in [7, 11) is 1.79. The summed E-state index contributed by atoms with van der Waals surface area (Å²) in [4.78, 5) is 28.8. The van der Waals surface area contributed by atoms with Gasteiger partial charge < -0.3 is 9.88 Å². The fourth-order valence-corrected chi connectivity index (χ4v) is 2.95. The van der Waals surface area contributed by atoms with Crippen molar-refractivity contribution in [3.8, 4) is 0 Å². The topological polar surface area (TPSA) is 53.2 Å². The lowest BCUT2D eigenvalue weighted by Crippen LogP contribution is -2.27. The summed E-state index contributed by atoms with van der Waals surface area (Å²) in [6.07, 6.45) is 1.18. The number of benzene rings is 2. The number of H-pyrrole nitrogens is 1. The lowest BCUT2D eigenvalue weighted by molar-refractivity contribution is -0.130. The molecule has 0 bridgehead atoms. The predicted molar refractivity (Wildman–Crippen MR) is 101 cm³/mol. The fraction of sp³-hybridized carbons (Fsp3) is 0.238. The highest BCUT2D eigenvalue weighted by Gasteiger charge is 2.12. The summed E-state index contributed by atoms with van der Waals surface area (Å²) in [6, 6.07) is 17.5. The summed E-state index contributed by atoms with van der Waals surface area (Å²) in [6.45, 7) is 2.48. The number of hydrogen-bond acceptors (Lipinski definition) is 2. The number of nitrogens with zero attached hydrogens (tertiary/aromatic N) is 1. The number of carbonyl (C=O) groups excluding carboxylic acids is 1. The third-order valence-electron chi connectivity index (χ3n) is 4.42. The summed E-state index contributed by atoms with van der Waals surface area (Å²) < 4.78 is 0. The number of amides is 1. The van der Waals surface area contributed by atoms with Crippen molar-refractivity contribution in [1.82, 2.24) is 9.88 Å². The Balaban J connectivity index is 1.69. The molecule has 4 nitrogen and oxygen atoms in total. The van der Waals surface area contributed by atoms with E-state index >= 15 is 0 Å². The second-order valence-corrected chi connectivity index (χ2v) is 6.44. The van der Waals surface area contributed by atoms with Gasteiger partial charge in [-0.05, 0) is 30.5 Å². The van der Waals surface area contributed by atoms with Crippen molar-refractivity contribution in [3.05, 3.63) is 81.6 Å². The number of para-hydroxylation sites is 1. The van der Waals surface area contributed by atoms with Crippen LogP contribution in [-0.4, -0.2) is 22.8 Å². The molecule has 2 aromatic carbocycles. The highest BCUT2D eigenvalue weighted by Crippen LogP contribution is 2.16. The molecule has 0 fully saturated rings. The molecule has 4 heteroatoms. The molecule has 25 heavy (non-hydrogen) atoms. The van der Waals surface area contributed by atoms with E-state index < -0.39 is 0 Å². The number of aryl methyl sites for hydroxylation is 2. The molecule has 0 radical (unpaired) electrons. The molecular formula is C21H22N2O2. The van der Waals surface area contributed by atoms with Crippen molar-refractivity contribution in [1.29, 1.82) is 0 Å². The van der Waals surface area contributed by atoms with E-state index in [9.17, 15) is 9.59 Å². The molecule has 0 unspecified atom stereocenters. The van der Waals surface area contributed by atoms with Crippen molar-refractivity contribution < 1.29 is 4.79 Å². The van der Waals surface area contributed by atoms with Gasteiger partial charge in [-0.3, -0.25) is 9.59 Å². The van der Waals surface area contributed by atoms with Gasteiger partial charge in [-0.25, -0.2) is 0 Å². The van der Waals surface area contributed by atoms with Crippen LogP contribution in [0.4, 0.5) is 0 Å². The Bertz CT molecular complexity index is 942. The molecule has 0 aliphatic carbocycles. The molecule has 128 valence electrons. The smallest absolute Gasteiger partial charge is 0.248 e. The van der Waals surface area contributed by atoms with Gasteiger partial charge in [-0.1, -0.05) is 48.0 Å². The lowest BCUT2D eigenvalue weighted by Gasteiger charge is -2.18. The normalized spacial score (nSPS) is 10.8. The molecular weight excluding hydrogens is 312 g/mol. The summed E-state index contributed by atoms with van der Waals surface area (Å²) >= 11 is 0. The number of carbonyl (C=O) groups is 1. The number of aromatic nitrogens is 1. The third kappa shape index (κ3) is 4.15. The quantitative estimate of drug-likeness (QED) is 0.777. The zero-order valence-corrected chi connectivity index (χ0v) is 14.6. The molecule has 0 atom stereocenters. The maximum atomic E-state index is 12.4. The molecule has 0 aliphatic heterocycles. The molecule has 0 saturated carbocycles. The van der Waals surface area contributed by atoms with Crippen LogP contribution in [0.5, 0.6) is 0 Å². The van der Waals surface area contributed by atoms with E-state index in [0.717, 1.165) is 28.5 Å². The molecule has 1 heterocycles. The number of rotatable bonds is 5. The van der Waals surface area contributed by atoms with E-state index in [1.54, 1.807) is 18.0 Å². The van der Waals surface area contributed by atoms with Crippen LogP contribution in [0.15, 0.2) is 59.4 Å². The average molecular weight is 334 g/mol. The van der Waals surface area contributed by atoms with Crippen molar-refractivity contribution in [3.63, 3.8) is 0 Å². The van der Waals surface area contributed by atoms with Crippen LogP contribution in [-0.2, 0) is 17.8 Å². The second kappa shape index (κ2) is 7.34. The van der Waals surface area contributed by atoms with Crippen molar-refractivity contribution in [2.24, 2.45) is 0 Å². The lowest BCUT2D eigenvalue weighted by atomic mass is 10.1. The summed E-state index contributed by atoms with van der Waals surface area (Å²) in [5.74, 6) is 0.0740. The highest BCUT2D eigenvalue weighted by atomic mass is 16.2.